The van der Waals surface area contributed by atoms with Crippen molar-refractivity contribution in [2.45, 2.75) is 6.92 Å². The van der Waals surface area contributed by atoms with Crippen molar-refractivity contribution in [3.05, 3.63) is 82.2 Å². The Hall–Kier alpha value is -3.60. The summed E-state index contributed by atoms with van der Waals surface area (Å²) in [5.41, 5.74) is 1.26. The fourth-order valence-electron chi connectivity index (χ4n) is 3.24. The molecule has 28 heavy (non-hydrogen) atoms. The smallest absolute Gasteiger partial charge is 0.344 e. The summed E-state index contributed by atoms with van der Waals surface area (Å²) in [4.78, 5) is 24.7. The molecule has 0 unspecified atom stereocenters. The molecule has 140 valence electrons. The molecule has 0 aliphatic carbocycles. The Labute approximate surface area is 161 Å². The van der Waals surface area contributed by atoms with E-state index in [0.717, 1.165) is 10.8 Å². The first-order valence-electron chi connectivity index (χ1n) is 8.83. The fourth-order valence-corrected chi connectivity index (χ4v) is 3.24. The van der Waals surface area contributed by atoms with E-state index >= 15 is 0 Å². The van der Waals surface area contributed by atoms with Crippen molar-refractivity contribution < 1.29 is 18.7 Å². The molecule has 5 nitrogen and oxygen atoms in total. The van der Waals surface area contributed by atoms with Crippen molar-refractivity contribution in [2.75, 3.05) is 13.7 Å². The number of Topliss-reactive ketones (excluding diaryl/α,β-unsaturated/α-hetero) is 1. The summed E-state index contributed by atoms with van der Waals surface area (Å²) in [5.74, 6) is 0.946. The Morgan fingerprint density at radius 3 is 2.54 bits per heavy atom. The molecule has 1 heterocycles. The number of carbonyl (C=O) groups excluding carboxylic acids is 1. The maximum absolute atomic E-state index is 12.4. The molecule has 0 aliphatic rings. The van der Waals surface area contributed by atoms with Gasteiger partial charge in [0.05, 0.1) is 12.5 Å². The second kappa shape index (κ2) is 7.19. The summed E-state index contributed by atoms with van der Waals surface area (Å²) < 4.78 is 16.4. The highest BCUT2D eigenvalue weighted by Crippen LogP contribution is 2.30. The molecule has 3 aromatic carbocycles. The number of aryl methyl sites for hydroxylation is 1. The standard InChI is InChI=1S/C23H18O5/c1-14-21(27-13-20(24)15-6-5-7-16(12-15)26-2)11-10-18-17-8-3-4-9-19(17)23(25)28-22(14)18/h3-12H,13H2,1-2H3. The molecule has 0 bridgehead atoms. The molecule has 0 radical (unpaired) electrons. The van der Waals surface area contributed by atoms with Crippen LogP contribution in [0, 0.1) is 6.92 Å². The van der Waals surface area contributed by atoms with Crippen molar-refractivity contribution in [2.24, 2.45) is 0 Å². The lowest BCUT2D eigenvalue weighted by Crippen LogP contribution is -2.12. The SMILES string of the molecule is COc1cccc(C(=O)COc2ccc3c(oc(=O)c4ccccc43)c2C)c1. The molecule has 0 saturated heterocycles. The van der Waals surface area contributed by atoms with Crippen LogP contribution in [0.15, 0.2) is 69.9 Å². The Kier molecular flexibility index (Phi) is 4.57. The Morgan fingerprint density at radius 1 is 0.964 bits per heavy atom. The van der Waals surface area contributed by atoms with Crippen molar-refractivity contribution >= 4 is 27.5 Å². The van der Waals surface area contributed by atoms with Crippen LogP contribution < -0.4 is 15.1 Å². The largest absolute Gasteiger partial charge is 0.497 e. The average Bonchev–Trinajstić information content (AvgIpc) is 2.74. The second-order valence-corrected chi connectivity index (χ2v) is 6.44. The first-order chi connectivity index (χ1) is 13.6. The summed E-state index contributed by atoms with van der Waals surface area (Å²) in [6.07, 6.45) is 0. The molecule has 0 spiro atoms. The Bertz CT molecular complexity index is 1250. The molecule has 5 heteroatoms. The van der Waals surface area contributed by atoms with Gasteiger partial charge in [0, 0.05) is 16.5 Å². The molecule has 0 atom stereocenters. The molecule has 4 rings (SSSR count). The topological polar surface area (TPSA) is 65.7 Å². The van der Waals surface area contributed by atoms with E-state index in [9.17, 15) is 9.59 Å². The zero-order valence-corrected chi connectivity index (χ0v) is 15.5. The van der Waals surface area contributed by atoms with Gasteiger partial charge in [-0.05, 0) is 42.6 Å². The quantitative estimate of drug-likeness (QED) is 0.292. The lowest BCUT2D eigenvalue weighted by molar-refractivity contribution is 0.0921. The number of ketones is 1. The minimum atomic E-state index is -0.393. The maximum Gasteiger partial charge on any atom is 0.344 e. The molecule has 0 N–H and O–H groups in total. The van der Waals surface area contributed by atoms with Crippen molar-refractivity contribution in [1.29, 1.82) is 0 Å². The molecular weight excluding hydrogens is 356 g/mol. The van der Waals surface area contributed by atoms with Crippen LogP contribution >= 0.6 is 0 Å². The Balaban J connectivity index is 1.66. The van der Waals surface area contributed by atoms with E-state index in [1.54, 1.807) is 49.6 Å². The van der Waals surface area contributed by atoms with Gasteiger partial charge in [0.2, 0.25) is 0 Å². The average molecular weight is 374 g/mol. The van der Waals surface area contributed by atoms with Gasteiger partial charge in [-0.2, -0.15) is 0 Å². The van der Waals surface area contributed by atoms with E-state index in [2.05, 4.69) is 0 Å². The van der Waals surface area contributed by atoms with Crippen LogP contribution in [-0.2, 0) is 0 Å². The van der Waals surface area contributed by atoms with E-state index in [1.807, 2.05) is 25.1 Å². The summed E-state index contributed by atoms with van der Waals surface area (Å²) in [5, 5.41) is 2.20. The number of hydrogen-bond donors (Lipinski definition) is 0. The van der Waals surface area contributed by atoms with Gasteiger partial charge in [-0.1, -0.05) is 30.3 Å². The van der Waals surface area contributed by atoms with E-state index < -0.39 is 5.63 Å². The van der Waals surface area contributed by atoms with Crippen LogP contribution in [0.25, 0.3) is 21.7 Å². The van der Waals surface area contributed by atoms with Crippen LogP contribution in [0.1, 0.15) is 15.9 Å². The highest BCUT2D eigenvalue weighted by Gasteiger charge is 2.14. The lowest BCUT2D eigenvalue weighted by atomic mass is 10.0. The number of methoxy groups -OCH3 is 1. The number of carbonyl (C=O) groups is 1. The van der Waals surface area contributed by atoms with Crippen molar-refractivity contribution in [3.63, 3.8) is 0 Å². The zero-order chi connectivity index (χ0) is 19.7. The lowest BCUT2D eigenvalue weighted by Gasteiger charge is -2.11. The maximum atomic E-state index is 12.4. The van der Waals surface area contributed by atoms with E-state index in [-0.39, 0.29) is 12.4 Å². The van der Waals surface area contributed by atoms with Gasteiger partial charge in [-0.15, -0.1) is 0 Å². The van der Waals surface area contributed by atoms with E-state index in [0.29, 0.717) is 33.6 Å². The van der Waals surface area contributed by atoms with Gasteiger partial charge in [0.25, 0.3) is 0 Å². The summed E-state index contributed by atoms with van der Waals surface area (Å²) in [6, 6.07) is 17.9. The van der Waals surface area contributed by atoms with Gasteiger partial charge >= 0.3 is 5.63 Å². The van der Waals surface area contributed by atoms with Gasteiger partial charge < -0.3 is 13.9 Å². The third-order valence-corrected chi connectivity index (χ3v) is 4.74. The predicted molar refractivity (Wildman–Crippen MR) is 108 cm³/mol. The first-order valence-corrected chi connectivity index (χ1v) is 8.83. The second-order valence-electron chi connectivity index (χ2n) is 6.44. The molecule has 0 saturated carbocycles. The van der Waals surface area contributed by atoms with Gasteiger partial charge in [0.1, 0.15) is 17.1 Å². The van der Waals surface area contributed by atoms with Crippen LogP contribution in [0.2, 0.25) is 0 Å². The van der Waals surface area contributed by atoms with Crippen LogP contribution in [0.5, 0.6) is 11.5 Å². The van der Waals surface area contributed by atoms with Crippen LogP contribution in [0.3, 0.4) is 0 Å². The highest BCUT2D eigenvalue weighted by molar-refractivity contribution is 6.05. The molecule has 0 amide bonds. The summed E-state index contributed by atoms with van der Waals surface area (Å²) in [7, 11) is 1.55. The van der Waals surface area contributed by atoms with Crippen LogP contribution in [-0.4, -0.2) is 19.5 Å². The summed E-state index contributed by atoms with van der Waals surface area (Å²) in [6.45, 7) is 1.68. The minimum absolute atomic E-state index is 0.128. The predicted octanol–water partition coefficient (Wildman–Crippen LogP) is 4.52. The third kappa shape index (κ3) is 3.11. The number of benzene rings is 3. The van der Waals surface area contributed by atoms with E-state index in [1.165, 1.54) is 0 Å². The highest BCUT2D eigenvalue weighted by atomic mass is 16.5. The monoisotopic (exact) mass is 374 g/mol. The fraction of sp³-hybridized carbons (Fsp3) is 0.130. The molecular formula is C23H18O5. The zero-order valence-electron chi connectivity index (χ0n) is 15.5. The number of hydrogen-bond acceptors (Lipinski definition) is 5. The van der Waals surface area contributed by atoms with Gasteiger partial charge in [-0.25, -0.2) is 4.79 Å². The summed E-state index contributed by atoms with van der Waals surface area (Å²) >= 11 is 0. The Morgan fingerprint density at radius 2 is 1.75 bits per heavy atom. The normalized spacial score (nSPS) is 10.9. The minimum Gasteiger partial charge on any atom is -0.497 e. The molecule has 0 fully saturated rings. The number of fused-ring (bicyclic) bond motifs is 3. The van der Waals surface area contributed by atoms with Gasteiger partial charge in [-0.3, -0.25) is 4.79 Å². The molecule has 4 aromatic rings. The van der Waals surface area contributed by atoms with Crippen molar-refractivity contribution in [3.8, 4) is 11.5 Å². The van der Waals surface area contributed by atoms with Crippen LogP contribution in [0.4, 0.5) is 0 Å². The number of rotatable bonds is 5. The van der Waals surface area contributed by atoms with E-state index in [4.69, 9.17) is 13.9 Å². The van der Waals surface area contributed by atoms with Crippen molar-refractivity contribution in [1.82, 2.24) is 0 Å². The molecule has 1 aromatic heterocycles. The molecule has 0 aliphatic heterocycles. The number of ether oxygens (including phenoxy) is 2. The first kappa shape index (κ1) is 17.8. The van der Waals surface area contributed by atoms with Gasteiger partial charge in [0.15, 0.2) is 12.4 Å². The third-order valence-electron chi connectivity index (χ3n) is 4.74.